The fourth-order valence-corrected chi connectivity index (χ4v) is 1.83. The fourth-order valence-electron chi connectivity index (χ4n) is 1.83. The highest BCUT2D eigenvalue weighted by Crippen LogP contribution is 2.34. The smallest absolute Gasteiger partial charge is 0.169 e. The SMILES string of the molecule is COC(CN(C)C(CN)C1CC1)OC. The first-order valence-corrected chi connectivity index (χ1v) is 5.18. The molecule has 4 nitrogen and oxygen atoms in total. The summed E-state index contributed by atoms with van der Waals surface area (Å²) >= 11 is 0. The number of nitrogens with zero attached hydrogens (tertiary/aromatic N) is 1. The van der Waals surface area contributed by atoms with Crippen molar-refractivity contribution in [3.05, 3.63) is 0 Å². The summed E-state index contributed by atoms with van der Waals surface area (Å²) < 4.78 is 10.3. The van der Waals surface area contributed by atoms with E-state index >= 15 is 0 Å². The number of hydrogen-bond donors (Lipinski definition) is 1. The van der Waals surface area contributed by atoms with Crippen molar-refractivity contribution < 1.29 is 9.47 Å². The van der Waals surface area contributed by atoms with Gasteiger partial charge in [0, 0.05) is 33.4 Å². The minimum atomic E-state index is -0.146. The zero-order valence-electron chi connectivity index (χ0n) is 9.40. The van der Waals surface area contributed by atoms with Crippen LogP contribution < -0.4 is 5.73 Å². The Kier molecular flexibility index (Phi) is 4.81. The summed E-state index contributed by atoms with van der Waals surface area (Å²) in [6.45, 7) is 1.51. The Bertz CT molecular complexity index is 158. The van der Waals surface area contributed by atoms with Gasteiger partial charge in [0.1, 0.15) is 0 Å². The lowest BCUT2D eigenvalue weighted by molar-refractivity contribution is -0.117. The van der Waals surface area contributed by atoms with Gasteiger partial charge in [0.2, 0.25) is 0 Å². The number of methoxy groups -OCH3 is 2. The molecular formula is C10H22N2O2. The molecule has 1 aliphatic rings. The van der Waals surface area contributed by atoms with Crippen LogP contribution in [0.15, 0.2) is 0 Å². The highest BCUT2D eigenvalue weighted by Gasteiger charge is 2.33. The Morgan fingerprint density at radius 1 is 1.36 bits per heavy atom. The molecule has 1 atom stereocenters. The van der Waals surface area contributed by atoms with Gasteiger partial charge in [-0.2, -0.15) is 0 Å². The lowest BCUT2D eigenvalue weighted by atomic mass is 10.1. The van der Waals surface area contributed by atoms with Crippen molar-refractivity contribution in [1.82, 2.24) is 4.90 Å². The number of ether oxygens (including phenoxy) is 2. The molecule has 0 amide bonds. The van der Waals surface area contributed by atoms with Crippen molar-refractivity contribution in [2.75, 3.05) is 34.4 Å². The van der Waals surface area contributed by atoms with Crippen LogP contribution >= 0.6 is 0 Å². The predicted molar refractivity (Wildman–Crippen MR) is 56.0 cm³/mol. The molecule has 0 bridgehead atoms. The Morgan fingerprint density at radius 3 is 2.29 bits per heavy atom. The van der Waals surface area contributed by atoms with Crippen LogP contribution in [-0.4, -0.2) is 51.6 Å². The number of nitrogens with two attached hydrogens (primary N) is 1. The molecule has 0 saturated heterocycles. The maximum Gasteiger partial charge on any atom is 0.169 e. The van der Waals surface area contributed by atoms with Crippen LogP contribution in [-0.2, 0) is 9.47 Å². The highest BCUT2D eigenvalue weighted by molar-refractivity contribution is 4.87. The summed E-state index contributed by atoms with van der Waals surface area (Å²) in [5, 5.41) is 0. The molecule has 0 aromatic heterocycles. The zero-order valence-corrected chi connectivity index (χ0v) is 9.40. The molecule has 0 aliphatic heterocycles. The number of rotatable bonds is 7. The van der Waals surface area contributed by atoms with E-state index in [9.17, 15) is 0 Å². The Balaban J connectivity index is 2.33. The van der Waals surface area contributed by atoms with E-state index in [1.807, 2.05) is 0 Å². The van der Waals surface area contributed by atoms with E-state index in [1.165, 1.54) is 12.8 Å². The van der Waals surface area contributed by atoms with Crippen molar-refractivity contribution in [2.24, 2.45) is 11.7 Å². The van der Waals surface area contributed by atoms with Gasteiger partial charge in [-0.1, -0.05) is 0 Å². The Morgan fingerprint density at radius 2 is 1.93 bits per heavy atom. The van der Waals surface area contributed by atoms with Crippen molar-refractivity contribution in [3.8, 4) is 0 Å². The molecule has 84 valence electrons. The van der Waals surface area contributed by atoms with Crippen LogP contribution in [0, 0.1) is 5.92 Å². The Labute approximate surface area is 86.3 Å². The van der Waals surface area contributed by atoms with Crippen molar-refractivity contribution >= 4 is 0 Å². The molecular weight excluding hydrogens is 180 g/mol. The van der Waals surface area contributed by atoms with Crippen LogP contribution in [0.1, 0.15) is 12.8 Å². The van der Waals surface area contributed by atoms with Gasteiger partial charge in [-0.25, -0.2) is 0 Å². The molecule has 0 aromatic rings. The van der Waals surface area contributed by atoms with Gasteiger partial charge >= 0.3 is 0 Å². The van der Waals surface area contributed by atoms with Gasteiger partial charge in [-0.05, 0) is 25.8 Å². The summed E-state index contributed by atoms with van der Waals surface area (Å²) in [7, 11) is 5.41. The quantitative estimate of drug-likeness (QED) is 0.602. The van der Waals surface area contributed by atoms with Gasteiger partial charge in [-0.3, -0.25) is 4.90 Å². The van der Waals surface area contributed by atoms with Gasteiger partial charge in [0.05, 0.1) is 0 Å². The lowest BCUT2D eigenvalue weighted by Gasteiger charge is -2.29. The molecule has 1 fully saturated rings. The molecule has 0 aromatic carbocycles. The fraction of sp³-hybridized carbons (Fsp3) is 1.00. The number of hydrogen-bond acceptors (Lipinski definition) is 4. The van der Waals surface area contributed by atoms with Gasteiger partial charge in [-0.15, -0.1) is 0 Å². The van der Waals surface area contributed by atoms with Crippen LogP contribution in [0.5, 0.6) is 0 Å². The first kappa shape index (κ1) is 11.9. The first-order valence-electron chi connectivity index (χ1n) is 5.18. The largest absolute Gasteiger partial charge is 0.355 e. The van der Waals surface area contributed by atoms with E-state index in [2.05, 4.69) is 11.9 Å². The third-order valence-electron chi connectivity index (χ3n) is 2.94. The van der Waals surface area contributed by atoms with E-state index in [1.54, 1.807) is 14.2 Å². The van der Waals surface area contributed by atoms with Crippen molar-refractivity contribution in [1.29, 1.82) is 0 Å². The van der Waals surface area contributed by atoms with Crippen molar-refractivity contribution in [2.45, 2.75) is 25.2 Å². The third-order valence-corrected chi connectivity index (χ3v) is 2.94. The van der Waals surface area contributed by atoms with E-state index < -0.39 is 0 Å². The average Bonchev–Trinajstić information content (AvgIpc) is 2.99. The third kappa shape index (κ3) is 3.20. The normalized spacial score (nSPS) is 19.3. The molecule has 14 heavy (non-hydrogen) atoms. The molecule has 1 saturated carbocycles. The molecule has 0 heterocycles. The van der Waals surface area contributed by atoms with Gasteiger partial charge in [0.15, 0.2) is 6.29 Å². The highest BCUT2D eigenvalue weighted by atomic mass is 16.7. The summed E-state index contributed by atoms with van der Waals surface area (Å²) in [6, 6.07) is 0.489. The topological polar surface area (TPSA) is 47.7 Å². The van der Waals surface area contributed by atoms with E-state index in [-0.39, 0.29) is 6.29 Å². The molecule has 4 heteroatoms. The van der Waals surface area contributed by atoms with E-state index in [4.69, 9.17) is 15.2 Å². The first-order chi connectivity index (χ1) is 6.72. The van der Waals surface area contributed by atoms with Crippen LogP contribution in [0.25, 0.3) is 0 Å². The summed E-state index contributed by atoms with van der Waals surface area (Å²) in [5.41, 5.74) is 5.75. The second kappa shape index (κ2) is 5.66. The number of likely N-dealkylation sites (N-methyl/N-ethyl adjacent to an activating group) is 1. The molecule has 0 radical (unpaired) electrons. The Hall–Kier alpha value is -0.160. The summed E-state index contributed by atoms with van der Waals surface area (Å²) in [6.07, 6.45) is 2.49. The predicted octanol–water partition coefficient (Wildman–Crippen LogP) is 0.274. The maximum absolute atomic E-state index is 5.75. The second-order valence-electron chi connectivity index (χ2n) is 3.98. The zero-order chi connectivity index (χ0) is 10.6. The van der Waals surface area contributed by atoms with Crippen LogP contribution in [0.3, 0.4) is 0 Å². The maximum atomic E-state index is 5.75. The van der Waals surface area contributed by atoms with E-state index in [0.29, 0.717) is 6.04 Å². The standard InChI is InChI=1S/C10H22N2O2/c1-12(7-10(13-2)14-3)9(6-11)8-4-5-8/h8-10H,4-7,11H2,1-3H3. The molecule has 1 rings (SSSR count). The minimum Gasteiger partial charge on any atom is -0.355 e. The second-order valence-corrected chi connectivity index (χ2v) is 3.98. The lowest BCUT2D eigenvalue weighted by Crippen LogP contribution is -2.44. The molecule has 0 spiro atoms. The van der Waals surface area contributed by atoms with Crippen LogP contribution in [0.2, 0.25) is 0 Å². The van der Waals surface area contributed by atoms with Gasteiger partial charge in [0.25, 0.3) is 0 Å². The monoisotopic (exact) mass is 202 g/mol. The summed E-state index contributed by atoms with van der Waals surface area (Å²) in [4.78, 5) is 2.25. The van der Waals surface area contributed by atoms with Crippen LogP contribution in [0.4, 0.5) is 0 Å². The average molecular weight is 202 g/mol. The molecule has 2 N–H and O–H groups in total. The van der Waals surface area contributed by atoms with Crippen molar-refractivity contribution in [3.63, 3.8) is 0 Å². The molecule has 1 aliphatic carbocycles. The minimum absolute atomic E-state index is 0.146. The van der Waals surface area contributed by atoms with Gasteiger partial charge < -0.3 is 15.2 Å². The summed E-state index contributed by atoms with van der Waals surface area (Å²) in [5.74, 6) is 0.791. The molecule has 1 unspecified atom stereocenters. The van der Waals surface area contributed by atoms with E-state index in [0.717, 1.165) is 19.0 Å².